The van der Waals surface area contributed by atoms with E-state index < -0.39 is 6.43 Å². The van der Waals surface area contributed by atoms with Gasteiger partial charge in [0.05, 0.1) is 23.0 Å². The van der Waals surface area contributed by atoms with Crippen molar-refractivity contribution >= 4 is 22.6 Å². The average molecular weight is 488 g/mol. The zero-order valence-corrected chi connectivity index (χ0v) is 19.7. The zero-order valence-electron chi connectivity index (χ0n) is 19.7. The van der Waals surface area contributed by atoms with E-state index in [1.807, 2.05) is 36.4 Å². The third kappa shape index (κ3) is 4.83. The molecule has 1 aromatic carbocycles. The highest BCUT2D eigenvalue weighted by Gasteiger charge is 2.22. The molecule has 4 heterocycles. The van der Waals surface area contributed by atoms with E-state index in [4.69, 9.17) is 0 Å². The summed E-state index contributed by atoms with van der Waals surface area (Å²) >= 11 is 0. The number of carbonyl (C=O) groups excluding carboxylic acids is 1. The molecule has 5 aromatic rings. The molecular weight excluding hydrogens is 464 g/mol. The molecule has 0 unspecified atom stereocenters. The van der Waals surface area contributed by atoms with Gasteiger partial charge in [0.15, 0.2) is 5.65 Å². The van der Waals surface area contributed by atoms with Crippen molar-refractivity contribution in [1.82, 2.24) is 29.5 Å². The number of fused-ring (bicyclic) bond motifs is 1. The molecule has 0 saturated carbocycles. The van der Waals surface area contributed by atoms with Gasteiger partial charge >= 0.3 is 0 Å². The standard InChI is InChI=1S/C26H23F2N7O/c1-16-24-21(25(27)28)12-22(19-13-30-34(2)14-19)32-26(24)35(33-16)15-23(36)31-20-5-3-17(4-6-20)11-18-7-9-29-10-8-18/h3-10,12-14,25H,11,15H2,1-2H3,(H,31,36). The second kappa shape index (κ2) is 9.65. The molecule has 0 fully saturated rings. The highest BCUT2D eigenvalue weighted by atomic mass is 19.3. The van der Waals surface area contributed by atoms with Crippen molar-refractivity contribution in [2.75, 3.05) is 5.32 Å². The van der Waals surface area contributed by atoms with E-state index >= 15 is 0 Å². The Hall–Kier alpha value is -4.47. The minimum absolute atomic E-state index is 0.171. The van der Waals surface area contributed by atoms with Crippen LogP contribution >= 0.6 is 0 Å². The number of nitrogens with one attached hydrogen (secondary N) is 1. The fraction of sp³-hybridized carbons (Fsp3) is 0.192. The second-order valence-corrected chi connectivity index (χ2v) is 8.52. The monoisotopic (exact) mass is 487 g/mol. The van der Waals surface area contributed by atoms with E-state index in [9.17, 15) is 13.6 Å². The maximum absolute atomic E-state index is 13.9. The molecule has 0 radical (unpaired) electrons. The number of halogens is 2. The molecule has 0 spiro atoms. The van der Waals surface area contributed by atoms with Crippen LogP contribution in [-0.2, 0) is 24.8 Å². The smallest absolute Gasteiger partial charge is 0.264 e. The summed E-state index contributed by atoms with van der Waals surface area (Å²) in [7, 11) is 1.74. The summed E-state index contributed by atoms with van der Waals surface area (Å²) in [6.07, 6.45) is 4.80. The van der Waals surface area contributed by atoms with Crippen molar-refractivity contribution in [3.05, 3.63) is 89.6 Å². The maximum Gasteiger partial charge on any atom is 0.264 e. The van der Waals surface area contributed by atoms with Gasteiger partial charge in [-0.3, -0.25) is 14.5 Å². The Morgan fingerprint density at radius 2 is 1.81 bits per heavy atom. The second-order valence-electron chi connectivity index (χ2n) is 8.52. The molecule has 1 N–H and O–H groups in total. The highest BCUT2D eigenvalue weighted by Crippen LogP contribution is 2.33. The lowest BCUT2D eigenvalue weighted by molar-refractivity contribution is -0.116. The van der Waals surface area contributed by atoms with Crippen LogP contribution in [-0.4, -0.2) is 35.4 Å². The first-order chi connectivity index (χ1) is 17.4. The number of amides is 1. The lowest BCUT2D eigenvalue weighted by Crippen LogP contribution is -2.20. The third-order valence-corrected chi connectivity index (χ3v) is 5.83. The Morgan fingerprint density at radius 3 is 2.47 bits per heavy atom. The predicted octanol–water partition coefficient (Wildman–Crippen LogP) is 4.70. The van der Waals surface area contributed by atoms with E-state index in [0.717, 1.165) is 17.5 Å². The summed E-state index contributed by atoms with van der Waals surface area (Å²) in [4.78, 5) is 21.4. The number of pyridine rings is 2. The Labute approximate surface area is 205 Å². The first kappa shape index (κ1) is 23.3. The van der Waals surface area contributed by atoms with E-state index in [1.54, 1.807) is 43.4 Å². The van der Waals surface area contributed by atoms with Crippen molar-refractivity contribution in [3.63, 3.8) is 0 Å². The molecule has 8 nitrogen and oxygen atoms in total. The molecule has 0 aliphatic rings. The van der Waals surface area contributed by atoms with Gasteiger partial charge in [-0.2, -0.15) is 10.2 Å². The van der Waals surface area contributed by atoms with Crippen LogP contribution in [0.4, 0.5) is 14.5 Å². The molecule has 5 rings (SSSR count). The number of hydrogen-bond donors (Lipinski definition) is 1. The van der Waals surface area contributed by atoms with Gasteiger partial charge in [-0.25, -0.2) is 18.4 Å². The van der Waals surface area contributed by atoms with Gasteiger partial charge in [0.1, 0.15) is 6.54 Å². The fourth-order valence-corrected chi connectivity index (χ4v) is 4.15. The maximum atomic E-state index is 13.9. The largest absolute Gasteiger partial charge is 0.324 e. The summed E-state index contributed by atoms with van der Waals surface area (Å²) < 4.78 is 30.8. The molecular formula is C26H23F2N7O. The molecule has 1 amide bonds. The number of alkyl halides is 2. The van der Waals surface area contributed by atoms with Crippen LogP contribution in [0, 0.1) is 6.92 Å². The predicted molar refractivity (Wildman–Crippen MR) is 132 cm³/mol. The van der Waals surface area contributed by atoms with Crippen LogP contribution in [0.3, 0.4) is 0 Å². The number of hydrogen-bond acceptors (Lipinski definition) is 5. The molecule has 0 atom stereocenters. The van der Waals surface area contributed by atoms with E-state index in [2.05, 4.69) is 25.5 Å². The molecule has 0 aliphatic heterocycles. The molecule has 4 aromatic heterocycles. The lowest BCUT2D eigenvalue weighted by atomic mass is 10.1. The SMILES string of the molecule is Cc1nn(CC(=O)Nc2ccc(Cc3ccncc3)cc2)c2nc(-c3cnn(C)c3)cc(C(F)F)c12. The number of aryl methyl sites for hydroxylation is 2. The quantitative estimate of drug-likeness (QED) is 0.359. The first-order valence-electron chi connectivity index (χ1n) is 11.3. The topological polar surface area (TPSA) is 90.5 Å². The van der Waals surface area contributed by atoms with Gasteiger partial charge in [0.2, 0.25) is 5.91 Å². The van der Waals surface area contributed by atoms with Crippen LogP contribution in [0.5, 0.6) is 0 Å². The van der Waals surface area contributed by atoms with Gasteiger partial charge < -0.3 is 5.32 Å². The minimum Gasteiger partial charge on any atom is -0.324 e. The molecule has 0 aliphatic carbocycles. The van der Waals surface area contributed by atoms with Gasteiger partial charge in [0.25, 0.3) is 6.43 Å². The Balaban J connectivity index is 1.38. The Bertz CT molecular complexity index is 1530. The number of aromatic nitrogens is 6. The molecule has 182 valence electrons. The van der Waals surface area contributed by atoms with E-state index in [1.165, 1.54) is 10.7 Å². The number of benzene rings is 1. The van der Waals surface area contributed by atoms with Crippen molar-refractivity contribution in [2.24, 2.45) is 7.05 Å². The van der Waals surface area contributed by atoms with Crippen molar-refractivity contribution < 1.29 is 13.6 Å². The van der Waals surface area contributed by atoms with Crippen LogP contribution in [0.25, 0.3) is 22.3 Å². The van der Waals surface area contributed by atoms with E-state index in [-0.39, 0.29) is 29.0 Å². The number of anilines is 1. The van der Waals surface area contributed by atoms with Crippen LogP contribution in [0.1, 0.15) is 28.8 Å². The fourth-order valence-electron chi connectivity index (χ4n) is 4.15. The highest BCUT2D eigenvalue weighted by molar-refractivity contribution is 5.92. The Kier molecular flexibility index (Phi) is 6.24. The zero-order chi connectivity index (χ0) is 25.2. The summed E-state index contributed by atoms with van der Waals surface area (Å²) in [6.45, 7) is 1.46. The first-order valence-corrected chi connectivity index (χ1v) is 11.3. The van der Waals surface area contributed by atoms with Crippen LogP contribution in [0.2, 0.25) is 0 Å². The average Bonchev–Trinajstić information content (AvgIpc) is 3.43. The van der Waals surface area contributed by atoms with Crippen LogP contribution < -0.4 is 5.32 Å². The normalized spacial score (nSPS) is 11.4. The summed E-state index contributed by atoms with van der Waals surface area (Å²) in [5, 5.41) is 11.5. The van der Waals surface area contributed by atoms with Crippen LogP contribution in [0.15, 0.2) is 67.3 Å². The molecule has 36 heavy (non-hydrogen) atoms. The van der Waals surface area contributed by atoms with Crippen molar-refractivity contribution in [3.8, 4) is 11.3 Å². The summed E-state index contributed by atoms with van der Waals surface area (Å²) in [6, 6.07) is 12.8. The van der Waals surface area contributed by atoms with E-state index in [0.29, 0.717) is 22.6 Å². The summed E-state index contributed by atoms with van der Waals surface area (Å²) in [5.74, 6) is -0.339. The number of nitrogens with zero attached hydrogens (tertiary/aromatic N) is 6. The Morgan fingerprint density at radius 1 is 1.08 bits per heavy atom. The third-order valence-electron chi connectivity index (χ3n) is 5.83. The minimum atomic E-state index is -2.72. The summed E-state index contributed by atoms with van der Waals surface area (Å²) in [5.41, 5.74) is 4.26. The van der Waals surface area contributed by atoms with Crippen molar-refractivity contribution in [2.45, 2.75) is 26.3 Å². The van der Waals surface area contributed by atoms with Gasteiger partial charge in [0, 0.05) is 42.5 Å². The lowest BCUT2D eigenvalue weighted by Gasteiger charge is -2.09. The van der Waals surface area contributed by atoms with Gasteiger partial charge in [-0.15, -0.1) is 0 Å². The number of carbonyl (C=O) groups is 1. The van der Waals surface area contributed by atoms with Crippen molar-refractivity contribution in [1.29, 1.82) is 0 Å². The van der Waals surface area contributed by atoms with Gasteiger partial charge in [-0.1, -0.05) is 12.1 Å². The molecule has 0 bridgehead atoms. The number of rotatable bonds is 7. The molecule has 0 saturated heterocycles. The molecule has 10 heteroatoms. The van der Waals surface area contributed by atoms with Gasteiger partial charge in [-0.05, 0) is 54.8 Å².